The van der Waals surface area contributed by atoms with E-state index in [1.54, 1.807) is 19.9 Å². The number of rotatable bonds is 7. The second-order valence-corrected chi connectivity index (χ2v) is 7.61. The molecule has 7 heteroatoms. The number of furan rings is 1. The van der Waals surface area contributed by atoms with Gasteiger partial charge in [-0.25, -0.2) is 0 Å². The van der Waals surface area contributed by atoms with E-state index in [9.17, 15) is 14.4 Å². The molecule has 2 N–H and O–H groups in total. The SMILES string of the molecule is CCC(C)(C)C[C@H](NC(=O)c1ccoc1C)C(=O)N[C@@H]1C(=O)CO[C@H]1C. The van der Waals surface area contributed by atoms with E-state index in [0.29, 0.717) is 17.7 Å². The van der Waals surface area contributed by atoms with Gasteiger partial charge in [0.15, 0.2) is 5.78 Å². The molecule has 1 aliphatic heterocycles. The van der Waals surface area contributed by atoms with Crippen LogP contribution in [0.3, 0.4) is 0 Å². The molecule has 0 saturated carbocycles. The van der Waals surface area contributed by atoms with Crippen molar-refractivity contribution in [2.75, 3.05) is 6.61 Å². The van der Waals surface area contributed by atoms with Crippen molar-refractivity contribution in [1.82, 2.24) is 10.6 Å². The van der Waals surface area contributed by atoms with Crippen LogP contribution in [-0.2, 0) is 14.3 Å². The lowest BCUT2D eigenvalue weighted by Gasteiger charge is -2.29. The highest BCUT2D eigenvalue weighted by atomic mass is 16.5. The molecule has 1 aromatic rings. The largest absolute Gasteiger partial charge is 0.469 e. The standard InChI is InChI=1S/C19H28N2O5/c1-6-19(4,5)9-14(20-17(23)13-7-8-25-11(13)2)18(24)21-16-12(3)26-10-15(16)22/h7-8,12,14,16H,6,9-10H2,1-5H3,(H,20,23)(H,21,24)/t12-,14-,16-/m0/s1. The van der Waals surface area contributed by atoms with Crippen LogP contribution in [0, 0.1) is 12.3 Å². The van der Waals surface area contributed by atoms with E-state index < -0.39 is 12.1 Å². The summed E-state index contributed by atoms with van der Waals surface area (Å²) in [5, 5.41) is 5.53. The van der Waals surface area contributed by atoms with Crippen LogP contribution >= 0.6 is 0 Å². The molecule has 1 aromatic heterocycles. The molecule has 0 spiro atoms. The summed E-state index contributed by atoms with van der Waals surface area (Å²) in [5.74, 6) is -0.414. The van der Waals surface area contributed by atoms with E-state index in [1.807, 2.05) is 20.8 Å². The van der Waals surface area contributed by atoms with Crippen molar-refractivity contribution in [2.24, 2.45) is 5.41 Å². The van der Waals surface area contributed by atoms with Crippen molar-refractivity contribution in [2.45, 2.75) is 65.6 Å². The quantitative estimate of drug-likeness (QED) is 0.771. The van der Waals surface area contributed by atoms with E-state index in [1.165, 1.54) is 6.26 Å². The minimum Gasteiger partial charge on any atom is -0.469 e. The summed E-state index contributed by atoms with van der Waals surface area (Å²) in [6, 6.07) is 0.135. The van der Waals surface area contributed by atoms with Crippen molar-refractivity contribution < 1.29 is 23.5 Å². The van der Waals surface area contributed by atoms with Gasteiger partial charge in [-0.2, -0.15) is 0 Å². The van der Waals surface area contributed by atoms with Crippen LogP contribution in [0.1, 0.15) is 56.7 Å². The number of Topliss-reactive ketones (excluding diaryl/α,β-unsaturated/α-hetero) is 1. The lowest BCUT2D eigenvalue weighted by Crippen LogP contribution is -2.54. The fourth-order valence-electron chi connectivity index (χ4n) is 2.88. The van der Waals surface area contributed by atoms with Gasteiger partial charge in [-0.3, -0.25) is 14.4 Å². The Balaban J connectivity index is 2.14. The van der Waals surface area contributed by atoms with Gasteiger partial charge in [0, 0.05) is 0 Å². The number of amides is 2. The smallest absolute Gasteiger partial charge is 0.255 e. The van der Waals surface area contributed by atoms with Crippen molar-refractivity contribution in [3.05, 3.63) is 23.7 Å². The molecule has 1 fully saturated rings. The summed E-state index contributed by atoms with van der Waals surface area (Å²) in [6.07, 6.45) is 2.36. The maximum absolute atomic E-state index is 12.8. The van der Waals surface area contributed by atoms with E-state index in [4.69, 9.17) is 9.15 Å². The maximum Gasteiger partial charge on any atom is 0.255 e. The molecule has 2 rings (SSSR count). The van der Waals surface area contributed by atoms with Crippen LogP contribution in [-0.4, -0.2) is 42.4 Å². The Bertz CT molecular complexity index is 679. The zero-order valence-electron chi connectivity index (χ0n) is 16.0. The first kappa shape index (κ1) is 20.2. The lowest BCUT2D eigenvalue weighted by atomic mass is 9.83. The van der Waals surface area contributed by atoms with Crippen molar-refractivity contribution in [3.63, 3.8) is 0 Å². The van der Waals surface area contributed by atoms with E-state index >= 15 is 0 Å². The summed E-state index contributed by atoms with van der Waals surface area (Å²) in [7, 11) is 0. The molecule has 7 nitrogen and oxygen atoms in total. The van der Waals surface area contributed by atoms with Gasteiger partial charge in [-0.1, -0.05) is 27.2 Å². The Morgan fingerprint density at radius 3 is 2.58 bits per heavy atom. The molecule has 1 saturated heterocycles. The van der Waals surface area contributed by atoms with Crippen molar-refractivity contribution >= 4 is 17.6 Å². The van der Waals surface area contributed by atoms with E-state index in [2.05, 4.69) is 10.6 Å². The Hall–Kier alpha value is -2.15. The normalized spacial score (nSPS) is 21.5. The lowest BCUT2D eigenvalue weighted by molar-refractivity contribution is -0.128. The van der Waals surface area contributed by atoms with Gasteiger partial charge in [0.1, 0.15) is 24.5 Å². The Labute approximate surface area is 153 Å². The van der Waals surface area contributed by atoms with Crippen molar-refractivity contribution in [3.8, 4) is 0 Å². The topological polar surface area (TPSA) is 97.6 Å². The predicted octanol–water partition coefficient (Wildman–Crippen LogP) is 1.99. The van der Waals surface area contributed by atoms with E-state index in [0.717, 1.165) is 6.42 Å². The first-order valence-corrected chi connectivity index (χ1v) is 8.94. The molecule has 2 heterocycles. The van der Waals surface area contributed by atoms with Gasteiger partial charge >= 0.3 is 0 Å². The number of ether oxygens (including phenoxy) is 1. The minimum absolute atomic E-state index is 0.00218. The number of nitrogens with one attached hydrogen (secondary N) is 2. The third kappa shape index (κ3) is 4.72. The summed E-state index contributed by atoms with van der Waals surface area (Å²) in [5.41, 5.74) is 0.244. The summed E-state index contributed by atoms with van der Waals surface area (Å²) < 4.78 is 10.4. The van der Waals surface area contributed by atoms with Gasteiger partial charge < -0.3 is 19.8 Å². The molecule has 0 aromatic carbocycles. The average molecular weight is 364 g/mol. The van der Waals surface area contributed by atoms with Crippen LogP contribution < -0.4 is 10.6 Å². The highest BCUT2D eigenvalue weighted by Gasteiger charge is 2.37. The molecular formula is C19H28N2O5. The number of ketones is 1. The predicted molar refractivity (Wildman–Crippen MR) is 95.7 cm³/mol. The molecule has 26 heavy (non-hydrogen) atoms. The highest BCUT2D eigenvalue weighted by Crippen LogP contribution is 2.27. The zero-order valence-corrected chi connectivity index (χ0v) is 16.0. The first-order valence-electron chi connectivity index (χ1n) is 8.94. The first-order chi connectivity index (χ1) is 12.1. The molecule has 3 atom stereocenters. The Morgan fingerprint density at radius 1 is 1.38 bits per heavy atom. The van der Waals surface area contributed by atoms with Crippen LogP contribution in [0.5, 0.6) is 0 Å². The van der Waals surface area contributed by atoms with Gasteiger partial charge in [0.05, 0.1) is 17.9 Å². The van der Waals surface area contributed by atoms with Gasteiger partial charge in [0.25, 0.3) is 5.91 Å². The summed E-state index contributed by atoms with van der Waals surface area (Å²) in [4.78, 5) is 37.3. The highest BCUT2D eigenvalue weighted by molar-refractivity contribution is 5.99. The van der Waals surface area contributed by atoms with Gasteiger partial charge in [-0.15, -0.1) is 0 Å². The van der Waals surface area contributed by atoms with Crippen LogP contribution in [0.25, 0.3) is 0 Å². The second kappa shape index (κ2) is 8.03. The van der Waals surface area contributed by atoms with Crippen molar-refractivity contribution in [1.29, 1.82) is 0 Å². The second-order valence-electron chi connectivity index (χ2n) is 7.61. The molecule has 0 radical (unpaired) electrons. The Kier molecular flexibility index (Phi) is 6.23. The minimum atomic E-state index is -0.757. The van der Waals surface area contributed by atoms with Crippen LogP contribution in [0.4, 0.5) is 0 Å². The zero-order chi connectivity index (χ0) is 19.5. The average Bonchev–Trinajstić information content (AvgIpc) is 3.14. The maximum atomic E-state index is 12.8. The number of carbonyl (C=O) groups excluding carboxylic acids is 3. The Morgan fingerprint density at radius 2 is 2.08 bits per heavy atom. The summed E-state index contributed by atoms with van der Waals surface area (Å²) >= 11 is 0. The van der Waals surface area contributed by atoms with E-state index in [-0.39, 0.29) is 35.7 Å². The number of hydrogen-bond donors (Lipinski definition) is 2. The van der Waals surface area contributed by atoms with Crippen LogP contribution in [0.15, 0.2) is 16.7 Å². The van der Waals surface area contributed by atoms with Crippen LogP contribution in [0.2, 0.25) is 0 Å². The molecule has 1 aliphatic rings. The third-order valence-electron chi connectivity index (χ3n) is 5.04. The monoisotopic (exact) mass is 364 g/mol. The molecule has 2 amide bonds. The van der Waals surface area contributed by atoms with Gasteiger partial charge in [0.2, 0.25) is 5.91 Å². The van der Waals surface area contributed by atoms with Gasteiger partial charge in [-0.05, 0) is 31.7 Å². The molecule has 0 unspecified atom stereocenters. The molecule has 0 aliphatic carbocycles. The molecule has 144 valence electrons. The fourth-order valence-corrected chi connectivity index (χ4v) is 2.88. The molecule has 0 bridgehead atoms. The number of carbonyl (C=O) groups is 3. The molecular weight excluding hydrogens is 336 g/mol. The number of hydrogen-bond acceptors (Lipinski definition) is 5. The third-order valence-corrected chi connectivity index (χ3v) is 5.04. The summed E-state index contributed by atoms with van der Waals surface area (Å²) in [6.45, 7) is 9.54. The fraction of sp³-hybridized carbons (Fsp3) is 0.632. The number of aryl methyl sites for hydroxylation is 1.